The molecule has 0 N–H and O–H groups in total. The summed E-state index contributed by atoms with van der Waals surface area (Å²) >= 11 is 0. The van der Waals surface area contributed by atoms with Gasteiger partial charge >= 0.3 is 0 Å². The predicted octanol–water partition coefficient (Wildman–Crippen LogP) is 0.789. The minimum absolute atomic E-state index is 0.528. The zero-order valence-corrected chi connectivity index (χ0v) is 8.29. The van der Waals surface area contributed by atoms with Gasteiger partial charge in [0.15, 0.2) is 0 Å². The molecule has 0 amide bonds. The third-order valence-corrected chi connectivity index (χ3v) is 2.59. The maximum absolute atomic E-state index is 11.1. The van der Waals surface area contributed by atoms with Gasteiger partial charge < -0.3 is 0 Å². The van der Waals surface area contributed by atoms with Crippen LogP contribution >= 0.6 is 0 Å². The topological polar surface area (TPSA) is 26.4 Å². The molecule has 1 fully saturated rings. The van der Waals surface area contributed by atoms with Crippen molar-refractivity contribution in [2.45, 2.75) is 33.0 Å². The fourth-order valence-corrected chi connectivity index (χ4v) is 1.62. The van der Waals surface area contributed by atoms with E-state index in [-0.39, 0.29) is 0 Å². The third-order valence-electron chi connectivity index (χ3n) is 2.59. The summed E-state index contributed by atoms with van der Waals surface area (Å²) in [4.78, 5) is 4.41. The molecule has 0 saturated carbocycles. The summed E-state index contributed by atoms with van der Waals surface area (Å²) < 4.78 is 0. The highest BCUT2D eigenvalue weighted by atomic mass is 16.3. The SMILES string of the molecule is CC(C)N1CCN(C(C)[O])CC1. The monoisotopic (exact) mass is 171 g/mol. The van der Waals surface area contributed by atoms with Crippen molar-refractivity contribution < 1.29 is 5.11 Å². The first kappa shape index (κ1) is 9.96. The molecule has 1 atom stereocenters. The quantitative estimate of drug-likeness (QED) is 0.614. The molecule has 1 radical (unpaired) electrons. The normalized spacial score (nSPS) is 24.8. The van der Waals surface area contributed by atoms with Gasteiger partial charge in [0.2, 0.25) is 0 Å². The third kappa shape index (κ3) is 2.44. The van der Waals surface area contributed by atoms with Crippen LogP contribution in [0.1, 0.15) is 20.8 Å². The van der Waals surface area contributed by atoms with Crippen LogP contribution < -0.4 is 0 Å². The van der Waals surface area contributed by atoms with E-state index in [9.17, 15) is 5.11 Å². The smallest absolute Gasteiger partial charge is 0.143 e. The molecule has 0 aromatic heterocycles. The number of piperazine rings is 1. The maximum Gasteiger partial charge on any atom is 0.143 e. The van der Waals surface area contributed by atoms with E-state index < -0.39 is 6.23 Å². The first-order valence-electron chi connectivity index (χ1n) is 4.75. The zero-order chi connectivity index (χ0) is 9.14. The van der Waals surface area contributed by atoms with E-state index >= 15 is 0 Å². The van der Waals surface area contributed by atoms with Gasteiger partial charge in [-0.1, -0.05) is 0 Å². The molecule has 71 valence electrons. The lowest BCUT2D eigenvalue weighted by molar-refractivity contribution is -0.0588. The number of rotatable bonds is 2. The van der Waals surface area contributed by atoms with Crippen molar-refractivity contribution in [3.63, 3.8) is 0 Å². The first-order valence-corrected chi connectivity index (χ1v) is 4.75. The average molecular weight is 171 g/mol. The van der Waals surface area contributed by atoms with Crippen LogP contribution in [0.4, 0.5) is 0 Å². The fraction of sp³-hybridized carbons (Fsp3) is 1.00. The van der Waals surface area contributed by atoms with Gasteiger partial charge in [-0.15, -0.1) is 0 Å². The van der Waals surface area contributed by atoms with Crippen LogP contribution in [-0.2, 0) is 5.11 Å². The second-order valence-electron chi connectivity index (χ2n) is 3.76. The molecule has 1 aliphatic heterocycles. The predicted molar refractivity (Wildman–Crippen MR) is 48.4 cm³/mol. The summed E-state index contributed by atoms with van der Waals surface area (Å²) in [6, 6.07) is 0.620. The van der Waals surface area contributed by atoms with Crippen LogP contribution in [0.2, 0.25) is 0 Å². The summed E-state index contributed by atoms with van der Waals surface area (Å²) in [6.07, 6.45) is -0.528. The van der Waals surface area contributed by atoms with Crippen molar-refractivity contribution >= 4 is 0 Å². The van der Waals surface area contributed by atoms with Gasteiger partial charge in [0.1, 0.15) is 6.23 Å². The van der Waals surface area contributed by atoms with Crippen molar-refractivity contribution in [2.75, 3.05) is 26.2 Å². The van der Waals surface area contributed by atoms with Crippen LogP contribution in [0.25, 0.3) is 0 Å². The van der Waals surface area contributed by atoms with Crippen LogP contribution in [0.5, 0.6) is 0 Å². The Balaban J connectivity index is 2.30. The molecule has 1 saturated heterocycles. The molecule has 1 heterocycles. The van der Waals surface area contributed by atoms with Crippen LogP contribution in [0, 0.1) is 0 Å². The lowest BCUT2D eigenvalue weighted by Crippen LogP contribution is -2.51. The Morgan fingerprint density at radius 1 is 0.917 bits per heavy atom. The standard InChI is InChI=1S/C9H19N2O/c1-8(2)10-4-6-11(7-5-10)9(3)12/h8-9H,4-7H2,1-3H3. The van der Waals surface area contributed by atoms with Crippen molar-refractivity contribution in [3.05, 3.63) is 0 Å². The van der Waals surface area contributed by atoms with Crippen molar-refractivity contribution in [2.24, 2.45) is 0 Å². The van der Waals surface area contributed by atoms with Gasteiger partial charge in [-0.25, -0.2) is 5.11 Å². The van der Waals surface area contributed by atoms with Gasteiger partial charge in [-0.3, -0.25) is 9.80 Å². The lowest BCUT2D eigenvalue weighted by atomic mass is 10.2. The van der Waals surface area contributed by atoms with E-state index in [0.29, 0.717) is 6.04 Å². The molecule has 1 rings (SSSR count). The maximum atomic E-state index is 11.1. The molecule has 0 bridgehead atoms. The average Bonchev–Trinajstić information content (AvgIpc) is 2.04. The Morgan fingerprint density at radius 3 is 1.67 bits per heavy atom. The molecule has 12 heavy (non-hydrogen) atoms. The van der Waals surface area contributed by atoms with E-state index in [1.165, 1.54) is 0 Å². The molecule has 1 aliphatic rings. The summed E-state index contributed by atoms with van der Waals surface area (Å²) in [6.45, 7) is 10.1. The Hall–Kier alpha value is -0.120. The van der Waals surface area contributed by atoms with Gasteiger partial charge in [-0.2, -0.15) is 0 Å². The van der Waals surface area contributed by atoms with Crippen molar-refractivity contribution in [3.8, 4) is 0 Å². The Kier molecular flexibility index (Phi) is 3.50. The van der Waals surface area contributed by atoms with E-state index in [0.717, 1.165) is 26.2 Å². The highest BCUT2D eigenvalue weighted by Crippen LogP contribution is 2.07. The summed E-state index contributed by atoms with van der Waals surface area (Å²) in [7, 11) is 0. The zero-order valence-electron chi connectivity index (χ0n) is 8.29. The highest BCUT2D eigenvalue weighted by Gasteiger charge is 2.21. The van der Waals surface area contributed by atoms with E-state index in [1.807, 2.05) is 4.90 Å². The van der Waals surface area contributed by atoms with Crippen LogP contribution in [0.3, 0.4) is 0 Å². The molecule has 0 spiro atoms. The van der Waals surface area contributed by atoms with Crippen LogP contribution in [0.15, 0.2) is 0 Å². The Labute approximate surface area is 75.0 Å². The number of hydrogen-bond donors (Lipinski definition) is 0. The van der Waals surface area contributed by atoms with Gasteiger partial charge in [-0.05, 0) is 20.8 Å². The summed E-state index contributed by atoms with van der Waals surface area (Å²) in [5.41, 5.74) is 0. The number of hydrogen-bond acceptors (Lipinski definition) is 2. The van der Waals surface area contributed by atoms with Crippen molar-refractivity contribution in [1.82, 2.24) is 9.80 Å². The molecule has 3 nitrogen and oxygen atoms in total. The highest BCUT2D eigenvalue weighted by molar-refractivity contribution is 4.74. The first-order chi connectivity index (χ1) is 5.61. The molecular formula is C9H19N2O. The largest absolute Gasteiger partial charge is 0.298 e. The summed E-state index contributed by atoms with van der Waals surface area (Å²) in [5.74, 6) is 0. The van der Waals surface area contributed by atoms with E-state index in [4.69, 9.17) is 0 Å². The molecule has 3 heteroatoms. The van der Waals surface area contributed by atoms with Crippen molar-refractivity contribution in [1.29, 1.82) is 0 Å². The van der Waals surface area contributed by atoms with Gasteiger partial charge in [0, 0.05) is 32.2 Å². The molecule has 1 unspecified atom stereocenters. The second-order valence-corrected chi connectivity index (χ2v) is 3.76. The summed E-state index contributed by atoms with van der Waals surface area (Å²) in [5, 5.41) is 11.1. The molecule has 0 aliphatic carbocycles. The molecule has 0 aromatic rings. The van der Waals surface area contributed by atoms with Gasteiger partial charge in [0.05, 0.1) is 0 Å². The van der Waals surface area contributed by atoms with E-state index in [1.54, 1.807) is 6.92 Å². The molecular weight excluding hydrogens is 152 g/mol. The van der Waals surface area contributed by atoms with E-state index in [2.05, 4.69) is 18.7 Å². The minimum atomic E-state index is -0.528. The number of nitrogens with zero attached hydrogens (tertiary/aromatic N) is 2. The second kappa shape index (κ2) is 4.21. The molecule has 0 aromatic carbocycles. The Bertz CT molecular complexity index is 112. The Morgan fingerprint density at radius 2 is 1.33 bits per heavy atom. The fourth-order valence-electron chi connectivity index (χ4n) is 1.62. The van der Waals surface area contributed by atoms with Gasteiger partial charge in [0.25, 0.3) is 0 Å². The van der Waals surface area contributed by atoms with Crippen LogP contribution in [-0.4, -0.2) is 48.2 Å². The lowest BCUT2D eigenvalue weighted by Gasteiger charge is -2.37. The minimum Gasteiger partial charge on any atom is -0.298 e.